The standard InChI is InChI=1S/C13H20N2O2S/c1-4-10-5-7-15(8-6-10)13-14-11(9(2)18-13)12(16)17-3/h10H,4-8H2,1-3H3. The van der Waals surface area contributed by atoms with Gasteiger partial charge in [0, 0.05) is 18.0 Å². The molecule has 0 N–H and O–H groups in total. The van der Waals surface area contributed by atoms with Crippen molar-refractivity contribution in [2.24, 2.45) is 5.92 Å². The molecule has 5 heteroatoms. The monoisotopic (exact) mass is 268 g/mol. The van der Waals surface area contributed by atoms with Gasteiger partial charge in [-0.3, -0.25) is 0 Å². The van der Waals surface area contributed by atoms with Gasteiger partial charge in [-0.15, -0.1) is 11.3 Å². The van der Waals surface area contributed by atoms with E-state index in [1.54, 1.807) is 11.3 Å². The summed E-state index contributed by atoms with van der Waals surface area (Å²) in [5.41, 5.74) is 0.468. The Labute approximate surface area is 112 Å². The van der Waals surface area contributed by atoms with Gasteiger partial charge in [-0.1, -0.05) is 13.3 Å². The predicted molar refractivity (Wildman–Crippen MR) is 73.4 cm³/mol. The molecule has 1 aliphatic heterocycles. The predicted octanol–water partition coefficient (Wildman–Crippen LogP) is 2.86. The van der Waals surface area contributed by atoms with E-state index in [0.717, 1.165) is 29.0 Å². The Balaban J connectivity index is 2.08. The molecule has 0 amide bonds. The highest BCUT2D eigenvalue weighted by molar-refractivity contribution is 7.15. The normalized spacial score (nSPS) is 16.9. The number of nitrogens with zero attached hydrogens (tertiary/aromatic N) is 2. The molecule has 1 aromatic rings. The zero-order valence-electron chi connectivity index (χ0n) is 11.2. The Morgan fingerprint density at radius 2 is 2.17 bits per heavy atom. The number of aryl methyl sites for hydroxylation is 1. The van der Waals surface area contributed by atoms with Crippen LogP contribution in [0.1, 0.15) is 41.6 Å². The van der Waals surface area contributed by atoms with Crippen LogP contribution in [0, 0.1) is 12.8 Å². The van der Waals surface area contributed by atoms with E-state index in [-0.39, 0.29) is 5.97 Å². The first kappa shape index (κ1) is 13.3. The summed E-state index contributed by atoms with van der Waals surface area (Å²) in [7, 11) is 1.40. The number of anilines is 1. The molecule has 100 valence electrons. The van der Waals surface area contributed by atoms with Crippen molar-refractivity contribution >= 4 is 22.4 Å². The van der Waals surface area contributed by atoms with Gasteiger partial charge in [0.05, 0.1) is 7.11 Å². The van der Waals surface area contributed by atoms with E-state index in [2.05, 4.69) is 16.8 Å². The van der Waals surface area contributed by atoms with Crippen LogP contribution in [0.2, 0.25) is 0 Å². The second kappa shape index (κ2) is 5.69. The minimum absolute atomic E-state index is 0.335. The van der Waals surface area contributed by atoms with Crippen molar-refractivity contribution in [2.45, 2.75) is 33.1 Å². The molecule has 1 fully saturated rings. The molecule has 18 heavy (non-hydrogen) atoms. The van der Waals surface area contributed by atoms with Crippen molar-refractivity contribution < 1.29 is 9.53 Å². The Hall–Kier alpha value is -1.10. The highest BCUT2D eigenvalue weighted by Gasteiger charge is 2.23. The van der Waals surface area contributed by atoms with Gasteiger partial charge in [-0.05, 0) is 25.7 Å². The van der Waals surface area contributed by atoms with Crippen LogP contribution in [-0.2, 0) is 4.74 Å². The van der Waals surface area contributed by atoms with Crippen LogP contribution in [0.5, 0.6) is 0 Å². The minimum Gasteiger partial charge on any atom is -0.464 e. The fraction of sp³-hybridized carbons (Fsp3) is 0.692. The second-order valence-electron chi connectivity index (χ2n) is 4.73. The Kier molecular flexibility index (Phi) is 4.22. The zero-order valence-corrected chi connectivity index (χ0v) is 12.0. The number of carbonyl (C=O) groups is 1. The van der Waals surface area contributed by atoms with E-state index in [1.165, 1.54) is 26.4 Å². The number of hydrogen-bond acceptors (Lipinski definition) is 5. The van der Waals surface area contributed by atoms with Crippen molar-refractivity contribution in [3.05, 3.63) is 10.6 Å². The molecule has 2 rings (SSSR count). The van der Waals surface area contributed by atoms with Crippen LogP contribution in [0.15, 0.2) is 0 Å². The quantitative estimate of drug-likeness (QED) is 0.791. The molecule has 0 spiro atoms. The van der Waals surface area contributed by atoms with Crippen LogP contribution < -0.4 is 4.90 Å². The summed E-state index contributed by atoms with van der Waals surface area (Å²) in [5, 5.41) is 0.961. The molecule has 0 aliphatic carbocycles. The maximum Gasteiger partial charge on any atom is 0.357 e. The summed E-state index contributed by atoms with van der Waals surface area (Å²) in [5.74, 6) is 0.515. The number of methoxy groups -OCH3 is 1. The third-order valence-corrected chi connectivity index (χ3v) is 4.66. The number of rotatable bonds is 3. The molecule has 0 radical (unpaired) electrons. The van der Waals surface area contributed by atoms with Crippen LogP contribution in [-0.4, -0.2) is 31.2 Å². The number of thiazole rings is 1. The molecule has 0 saturated carbocycles. The first-order valence-corrected chi connectivity index (χ1v) is 7.28. The van der Waals surface area contributed by atoms with Gasteiger partial charge in [-0.2, -0.15) is 0 Å². The molecule has 0 aromatic carbocycles. The molecule has 1 aliphatic rings. The first-order valence-electron chi connectivity index (χ1n) is 6.46. The number of piperidine rings is 1. The largest absolute Gasteiger partial charge is 0.464 e. The number of ether oxygens (including phenoxy) is 1. The summed E-state index contributed by atoms with van der Waals surface area (Å²) >= 11 is 1.59. The second-order valence-corrected chi connectivity index (χ2v) is 5.91. The lowest BCUT2D eigenvalue weighted by molar-refractivity contribution is 0.0594. The van der Waals surface area contributed by atoms with Crippen molar-refractivity contribution in [3.8, 4) is 0 Å². The van der Waals surface area contributed by atoms with E-state index in [4.69, 9.17) is 4.74 Å². The number of aromatic nitrogens is 1. The summed E-state index contributed by atoms with van der Waals surface area (Å²) in [6.07, 6.45) is 3.71. The van der Waals surface area contributed by atoms with E-state index >= 15 is 0 Å². The molecule has 0 bridgehead atoms. The average molecular weight is 268 g/mol. The molecule has 1 saturated heterocycles. The van der Waals surface area contributed by atoms with Crippen molar-refractivity contribution in [2.75, 3.05) is 25.1 Å². The van der Waals surface area contributed by atoms with Crippen molar-refractivity contribution in [3.63, 3.8) is 0 Å². The lowest BCUT2D eigenvalue weighted by Crippen LogP contribution is -2.33. The van der Waals surface area contributed by atoms with E-state index < -0.39 is 0 Å². The Bertz CT molecular complexity index is 423. The lowest BCUT2D eigenvalue weighted by atomic mass is 9.95. The van der Waals surface area contributed by atoms with Crippen LogP contribution >= 0.6 is 11.3 Å². The van der Waals surface area contributed by atoms with Gasteiger partial charge in [0.2, 0.25) is 0 Å². The van der Waals surface area contributed by atoms with Gasteiger partial charge in [0.1, 0.15) is 0 Å². The molecule has 0 unspecified atom stereocenters. The zero-order chi connectivity index (χ0) is 13.1. The summed E-state index contributed by atoms with van der Waals surface area (Å²) in [4.78, 5) is 19.2. The van der Waals surface area contributed by atoms with Gasteiger partial charge < -0.3 is 9.64 Å². The van der Waals surface area contributed by atoms with E-state index in [0.29, 0.717) is 5.69 Å². The fourth-order valence-corrected chi connectivity index (χ4v) is 3.28. The topological polar surface area (TPSA) is 42.4 Å². The number of hydrogen-bond donors (Lipinski definition) is 0. The summed E-state index contributed by atoms with van der Waals surface area (Å²) < 4.78 is 4.74. The molecule has 0 atom stereocenters. The Morgan fingerprint density at radius 1 is 1.50 bits per heavy atom. The van der Waals surface area contributed by atoms with Crippen LogP contribution in [0.25, 0.3) is 0 Å². The maximum atomic E-state index is 11.5. The highest BCUT2D eigenvalue weighted by atomic mass is 32.1. The van der Waals surface area contributed by atoms with Gasteiger partial charge in [0.25, 0.3) is 0 Å². The third-order valence-electron chi connectivity index (χ3n) is 3.63. The maximum absolute atomic E-state index is 11.5. The van der Waals surface area contributed by atoms with Crippen molar-refractivity contribution in [1.82, 2.24) is 4.98 Å². The number of esters is 1. The van der Waals surface area contributed by atoms with E-state index in [9.17, 15) is 4.79 Å². The molecular weight excluding hydrogens is 248 g/mol. The van der Waals surface area contributed by atoms with Crippen LogP contribution in [0.4, 0.5) is 5.13 Å². The average Bonchev–Trinajstić information content (AvgIpc) is 2.80. The molecule has 4 nitrogen and oxygen atoms in total. The smallest absolute Gasteiger partial charge is 0.357 e. The Morgan fingerprint density at radius 3 is 2.72 bits per heavy atom. The summed E-state index contributed by atoms with van der Waals surface area (Å²) in [6, 6.07) is 0. The number of carbonyl (C=O) groups excluding carboxylic acids is 1. The van der Waals surface area contributed by atoms with E-state index in [1.807, 2.05) is 6.92 Å². The lowest BCUT2D eigenvalue weighted by Gasteiger charge is -2.31. The van der Waals surface area contributed by atoms with Crippen molar-refractivity contribution in [1.29, 1.82) is 0 Å². The third kappa shape index (κ3) is 2.66. The first-order chi connectivity index (χ1) is 8.65. The van der Waals surface area contributed by atoms with Crippen LogP contribution in [0.3, 0.4) is 0 Å². The molecule has 2 heterocycles. The fourth-order valence-electron chi connectivity index (χ4n) is 2.34. The highest BCUT2D eigenvalue weighted by Crippen LogP contribution is 2.30. The molecule has 1 aromatic heterocycles. The van der Waals surface area contributed by atoms with Gasteiger partial charge >= 0.3 is 5.97 Å². The van der Waals surface area contributed by atoms with Gasteiger partial charge in [-0.25, -0.2) is 9.78 Å². The summed E-state index contributed by atoms with van der Waals surface area (Å²) in [6.45, 7) is 6.27. The SMILES string of the molecule is CCC1CCN(c2nc(C(=O)OC)c(C)s2)CC1. The minimum atomic E-state index is -0.335. The molecular formula is C13H20N2O2S. The van der Waals surface area contributed by atoms with Gasteiger partial charge in [0.15, 0.2) is 10.8 Å².